The maximum absolute atomic E-state index is 13.0. The van der Waals surface area contributed by atoms with E-state index in [2.05, 4.69) is 10.6 Å². The molecule has 0 aromatic heterocycles. The first-order valence-electron chi connectivity index (χ1n) is 10.2. The molecule has 160 valence electrons. The molecule has 2 amide bonds. The van der Waals surface area contributed by atoms with Gasteiger partial charge in [-0.2, -0.15) is 4.31 Å². The molecule has 1 aliphatic heterocycles. The number of hydrogen-bond donors (Lipinski definition) is 2. The van der Waals surface area contributed by atoms with Crippen molar-refractivity contribution < 1.29 is 18.0 Å². The van der Waals surface area contributed by atoms with Gasteiger partial charge >= 0.3 is 11.8 Å². The van der Waals surface area contributed by atoms with E-state index in [4.69, 9.17) is 11.6 Å². The molecule has 1 aliphatic carbocycles. The van der Waals surface area contributed by atoms with E-state index in [0.29, 0.717) is 18.0 Å². The Balaban J connectivity index is 1.55. The second kappa shape index (κ2) is 9.91. The first kappa shape index (κ1) is 22.1. The highest BCUT2D eigenvalue weighted by Crippen LogP contribution is 2.27. The summed E-state index contributed by atoms with van der Waals surface area (Å²) in [6, 6.07) is 6.04. The lowest BCUT2D eigenvalue weighted by Gasteiger charge is -2.34. The summed E-state index contributed by atoms with van der Waals surface area (Å²) in [6.07, 6.45) is 6.93. The minimum absolute atomic E-state index is 0.0894. The fourth-order valence-electron chi connectivity index (χ4n) is 4.07. The minimum atomic E-state index is -3.63. The van der Waals surface area contributed by atoms with Gasteiger partial charge in [0.1, 0.15) is 0 Å². The van der Waals surface area contributed by atoms with Crippen LogP contribution in [0.15, 0.2) is 29.2 Å². The normalized spacial score (nSPS) is 21.1. The van der Waals surface area contributed by atoms with Gasteiger partial charge in [-0.3, -0.25) is 9.59 Å². The minimum Gasteiger partial charge on any atom is -0.348 e. The lowest BCUT2D eigenvalue weighted by atomic mass is 10.0. The van der Waals surface area contributed by atoms with E-state index in [1.807, 2.05) is 0 Å². The van der Waals surface area contributed by atoms with Crippen LogP contribution in [-0.2, 0) is 19.6 Å². The molecule has 1 saturated carbocycles. The summed E-state index contributed by atoms with van der Waals surface area (Å²) in [5.74, 6) is -1.26. The van der Waals surface area contributed by atoms with E-state index in [9.17, 15) is 18.0 Å². The number of benzene rings is 1. The summed E-state index contributed by atoms with van der Waals surface area (Å²) in [5, 5.41) is 5.88. The van der Waals surface area contributed by atoms with E-state index < -0.39 is 21.8 Å². The number of nitrogens with one attached hydrogen (secondary N) is 2. The van der Waals surface area contributed by atoms with Crippen molar-refractivity contribution in [3.8, 4) is 0 Å². The van der Waals surface area contributed by atoms with Gasteiger partial charge in [0.2, 0.25) is 10.0 Å². The van der Waals surface area contributed by atoms with Crippen molar-refractivity contribution in [2.45, 2.75) is 68.3 Å². The predicted octanol–water partition coefficient (Wildman–Crippen LogP) is 2.45. The summed E-state index contributed by atoms with van der Waals surface area (Å²) < 4.78 is 27.6. The van der Waals surface area contributed by atoms with Gasteiger partial charge < -0.3 is 10.6 Å². The predicted molar refractivity (Wildman–Crippen MR) is 111 cm³/mol. The molecule has 3 rings (SSSR count). The van der Waals surface area contributed by atoms with Crippen molar-refractivity contribution in [1.29, 1.82) is 0 Å². The zero-order chi connectivity index (χ0) is 20.9. The highest BCUT2D eigenvalue weighted by molar-refractivity contribution is 7.89. The number of amides is 2. The quantitative estimate of drug-likeness (QED) is 0.663. The molecule has 1 aromatic carbocycles. The Kier molecular flexibility index (Phi) is 7.54. The molecule has 2 N–H and O–H groups in total. The summed E-state index contributed by atoms with van der Waals surface area (Å²) in [6.45, 7) is 0.708. The fourth-order valence-corrected chi connectivity index (χ4v) is 5.92. The van der Waals surface area contributed by atoms with Gasteiger partial charge in [0.05, 0.1) is 4.90 Å². The standard InChI is InChI=1S/C20H28ClN3O4S/c21-15-8-10-18(11-9-15)29(27,28)24-14-4-3-7-17(24)12-13-22-19(25)20(26)23-16-5-1-2-6-16/h8-11,16-17H,1-7,12-14H2,(H,22,25)(H,23,26)/t17-/m0/s1. The van der Waals surface area contributed by atoms with Crippen LogP contribution in [0.25, 0.3) is 0 Å². The Morgan fingerprint density at radius 3 is 2.34 bits per heavy atom. The topological polar surface area (TPSA) is 95.6 Å². The Bertz CT molecular complexity index is 823. The second-order valence-corrected chi connectivity index (χ2v) is 10.0. The van der Waals surface area contributed by atoms with E-state index in [1.165, 1.54) is 16.4 Å². The van der Waals surface area contributed by atoms with Crippen molar-refractivity contribution >= 4 is 33.4 Å². The molecule has 0 bridgehead atoms. The third-order valence-electron chi connectivity index (χ3n) is 5.65. The van der Waals surface area contributed by atoms with Gasteiger partial charge in [0, 0.05) is 30.2 Å². The van der Waals surface area contributed by atoms with Crippen LogP contribution in [0.2, 0.25) is 5.02 Å². The van der Waals surface area contributed by atoms with E-state index in [0.717, 1.165) is 44.9 Å². The molecule has 7 nitrogen and oxygen atoms in total. The molecule has 0 spiro atoms. The van der Waals surface area contributed by atoms with Crippen LogP contribution in [0, 0.1) is 0 Å². The average molecular weight is 442 g/mol. The Morgan fingerprint density at radius 1 is 1.00 bits per heavy atom. The van der Waals surface area contributed by atoms with E-state index in [1.54, 1.807) is 12.1 Å². The van der Waals surface area contributed by atoms with Crippen LogP contribution in [0.3, 0.4) is 0 Å². The monoisotopic (exact) mass is 441 g/mol. The molecule has 2 aliphatic rings. The van der Waals surface area contributed by atoms with Crippen molar-refractivity contribution in [1.82, 2.24) is 14.9 Å². The van der Waals surface area contributed by atoms with E-state index >= 15 is 0 Å². The van der Waals surface area contributed by atoms with Crippen LogP contribution in [0.1, 0.15) is 51.4 Å². The van der Waals surface area contributed by atoms with Gasteiger partial charge in [0.25, 0.3) is 0 Å². The van der Waals surface area contributed by atoms with Crippen LogP contribution < -0.4 is 10.6 Å². The molecule has 29 heavy (non-hydrogen) atoms. The van der Waals surface area contributed by atoms with Gasteiger partial charge in [-0.1, -0.05) is 30.9 Å². The second-order valence-electron chi connectivity index (χ2n) is 7.72. The number of halogens is 1. The first-order chi connectivity index (χ1) is 13.9. The molecule has 1 aromatic rings. The molecule has 1 saturated heterocycles. The van der Waals surface area contributed by atoms with Gasteiger partial charge in [-0.15, -0.1) is 0 Å². The molecule has 9 heteroatoms. The molecular formula is C20H28ClN3O4S. The van der Waals surface area contributed by atoms with Gasteiger partial charge in [-0.05, 0) is 56.4 Å². The first-order valence-corrected chi connectivity index (χ1v) is 12.1. The summed E-state index contributed by atoms with van der Waals surface area (Å²) >= 11 is 5.87. The number of rotatable bonds is 6. The van der Waals surface area contributed by atoms with Crippen molar-refractivity contribution in [3.63, 3.8) is 0 Å². The van der Waals surface area contributed by atoms with E-state index in [-0.39, 0.29) is 23.5 Å². The Morgan fingerprint density at radius 2 is 1.66 bits per heavy atom. The molecule has 0 unspecified atom stereocenters. The number of hydrogen-bond acceptors (Lipinski definition) is 4. The number of sulfonamides is 1. The van der Waals surface area contributed by atoms with Crippen LogP contribution in [0.4, 0.5) is 0 Å². The third kappa shape index (κ3) is 5.71. The lowest BCUT2D eigenvalue weighted by Crippen LogP contribution is -2.47. The van der Waals surface area contributed by atoms with Crippen molar-refractivity contribution in [2.24, 2.45) is 0 Å². The van der Waals surface area contributed by atoms with Crippen LogP contribution in [0.5, 0.6) is 0 Å². The van der Waals surface area contributed by atoms with Crippen LogP contribution in [-0.4, -0.2) is 49.7 Å². The van der Waals surface area contributed by atoms with Gasteiger partial charge in [0.15, 0.2) is 0 Å². The molecular weight excluding hydrogens is 414 g/mol. The van der Waals surface area contributed by atoms with Crippen molar-refractivity contribution in [2.75, 3.05) is 13.1 Å². The molecule has 2 fully saturated rings. The Hall–Kier alpha value is -1.64. The zero-order valence-electron chi connectivity index (χ0n) is 16.4. The summed E-state index contributed by atoms with van der Waals surface area (Å²) in [4.78, 5) is 24.2. The van der Waals surface area contributed by atoms with Gasteiger partial charge in [-0.25, -0.2) is 8.42 Å². The largest absolute Gasteiger partial charge is 0.348 e. The number of carbonyl (C=O) groups is 2. The fraction of sp³-hybridized carbons (Fsp3) is 0.600. The number of carbonyl (C=O) groups excluding carboxylic acids is 2. The lowest BCUT2D eigenvalue weighted by molar-refractivity contribution is -0.139. The highest BCUT2D eigenvalue weighted by Gasteiger charge is 2.33. The number of piperidine rings is 1. The SMILES string of the molecule is O=C(NCC[C@@H]1CCCCN1S(=O)(=O)c1ccc(Cl)cc1)C(=O)NC1CCCC1. The maximum Gasteiger partial charge on any atom is 0.309 e. The molecule has 1 atom stereocenters. The third-order valence-corrected chi connectivity index (χ3v) is 7.87. The van der Waals surface area contributed by atoms with Crippen molar-refractivity contribution in [3.05, 3.63) is 29.3 Å². The molecule has 0 radical (unpaired) electrons. The average Bonchev–Trinajstić information content (AvgIpc) is 3.21. The number of nitrogens with zero attached hydrogens (tertiary/aromatic N) is 1. The zero-order valence-corrected chi connectivity index (χ0v) is 18.0. The maximum atomic E-state index is 13.0. The Labute approximate surface area is 177 Å². The highest BCUT2D eigenvalue weighted by atomic mass is 35.5. The molecule has 1 heterocycles. The summed E-state index contributed by atoms with van der Waals surface area (Å²) in [7, 11) is -3.63. The smallest absolute Gasteiger partial charge is 0.309 e. The van der Waals surface area contributed by atoms with Crippen LogP contribution >= 0.6 is 11.6 Å². The summed E-state index contributed by atoms with van der Waals surface area (Å²) in [5.41, 5.74) is 0.